The largest absolute Gasteiger partial charge is 0.343 e. The molecule has 11 heteroatoms. The maximum atomic E-state index is 14.0. The molecule has 2 aromatic carbocycles. The minimum atomic E-state index is -3.01. The molecular formula is C23H22ClF2N5O2S. The number of halogens is 3. The molecule has 4 rings (SSSR count). The van der Waals surface area contributed by atoms with Gasteiger partial charge in [-0.15, -0.1) is 0 Å². The van der Waals surface area contributed by atoms with Gasteiger partial charge in [-0.3, -0.25) is 9.59 Å². The summed E-state index contributed by atoms with van der Waals surface area (Å²) in [5.41, 5.74) is 2.15. The van der Waals surface area contributed by atoms with Crippen molar-refractivity contribution in [2.75, 3.05) is 23.7 Å². The number of nitrogens with zero attached hydrogens (tertiary/aromatic N) is 1. The first-order valence-corrected chi connectivity index (χ1v) is 11.7. The van der Waals surface area contributed by atoms with E-state index in [1.54, 1.807) is 36.4 Å². The number of rotatable bonds is 6. The lowest BCUT2D eigenvalue weighted by Gasteiger charge is -2.32. The first-order valence-electron chi connectivity index (χ1n) is 10.5. The molecule has 0 spiro atoms. The van der Waals surface area contributed by atoms with Crippen LogP contribution in [0.3, 0.4) is 0 Å². The van der Waals surface area contributed by atoms with E-state index < -0.39 is 24.4 Å². The highest BCUT2D eigenvalue weighted by Crippen LogP contribution is 2.28. The average molecular weight is 506 g/mol. The highest BCUT2D eigenvalue weighted by molar-refractivity contribution is 7.17. The van der Waals surface area contributed by atoms with Crippen LogP contribution in [0.4, 0.5) is 25.3 Å². The summed E-state index contributed by atoms with van der Waals surface area (Å²) >= 11 is 7.30. The maximum absolute atomic E-state index is 14.0. The summed E-state index contributed by atoms with van der Waals surface area (Å²) in [5.74, 6) is -3.94. The van der Waals surface area contributed by atoms with Crippen molar-refractivity contribution in [1.29, 1.82) is 0 Å². The van der Waals surface area contributed by atoms with Crippen molar-refractivity contribution in [1.82, 2.24) is 15.6 Å². The Balaban J connectivity index is 1.42. The van der Waals surface area contributed by atoms with E-state index in [1.165, 1.54) is 6.20 Å². The van der Waals surface area contributed by atoms with Crippen LogP contribution in [0.2, 0.25) is 5.02 Å². The van der Waals surface area contributed by atoms with E-state index >= 15 is 0 Å². The zero-order chi connectivity index (χ0) is 24.3. The third kappa shape index (κ3) is 5.52. The Bertz CT molecular complexity index is 1200. The summed E-state index contributed by atoms with van der Waals surface area (Å²) in [6.45, 7) is 1.80. The van der Waals surface area contributed by atoms with Gasteiger partial charge in [0.15, 0.2) is 5.13 Å². The molecule has 3 aromatic rings. The molecular weight excluding hydrogens is 484 g/mol. The van der Waals surface area contributed by atoms with Gasteiger partial charge in [0.2, 0.25) is 0 Å². The van der Waals surface area contributed by atoms with Crippen LogP contribution < -0.4 is 21.3 Å². The van der Waals surface area contributed by atoms with Crippen molar-refractivity contribution >= 4 is 51.3 Å². The Kier molecular flexibility index (Phi) is 7.11. The summed E-state index contributed by atoms with van der Waals surface area (Å²) in [5, 5.41) is 11.8. The average Bonchev–Trinajstić information content (AvgIpc) is 3.26. The third-order valence-corrected chi connectivity index (χ3v) is 6.58. The summed E-state index contributed by atoms with van der Waals surface area (Å²) in [6, 6.07) is 10.6. The minimum Gasteiger partial charge on any atom is -0.343 e. The number of aromatic nitrogens is 1. The summed E-state index contributed by atoms with van der Waals surface area (Å²) in [6.07, 6.45) is 1.58. The Morgan fingerprint density at radius 2 is 2.00 bits per heavy atom. The van der Waals surface area contributed by atoms with Gasteiger partial charge >= 0.3 is 0 Å². The fraction of sp³-hybridized carbons (Fsp3) is 0.261. The van der Waals surface area contributed by atoms with Gasteiger partial charge in [0.1, 0.15) is 4.88 Å². The molecule has 0 aliphatic carbocycles. The minimum absolute atomic E-state index is 0.147. The monoisotopic (exact) mass is 505 g/mol. The molecule has 2 amide bonds. The molecule has 1 saturated heterocycles. The van der Waals surface area contributed by atoms with Crippen LogP contribution in [0.15, 0.2) is 48.7 Å². The standard InChI is InChI=1S/C23H22ClF2N5O2S/c1-13-4-2-7-16(24)19(13)31-21(33)17-11-28-22(34-17)29-15-6-3-5-14(10-15)20(32)30-18-8-9-27-12-23(18,25)26/h2-7,10-11,18,27H,8-9,12H2,1H3,(H,28,29)(H,30,32)(H,31,33). The van der Waals surface area contributed by atoms with Gasteiger partial charge in [-0.2, -0.15) is 0 Å². The Labute approximate surface area is 203 Å². The number of carbonyl (C=O) groups excluding carboxylic acids is 2. The molecule has 1 aromatic heterocycles. The molecule has 1 aliphatic rings. The number of thiazole rings is 1. The molecule has 4 N–H and O–H groups in total. The molecule has 1 atom stereocenters. The first-order chi connectivity index (χ1) is 16.2. The number of amides is 2. The number of benzene rings is 2. The second-order valence-corrected chi connectivity index (χ2v) is 9.31. The van der Waals surface area contributed by atoms with Crippen molar-refractivity contribution in [2.24, 2.45) is 0 Å². The van der Waals surface area contributed by atoms with Crippen LogP contribution in [0.5, 0.6) is 0 Å². The van der Waals surface area contributed by atoms with Crippen LogP contribution in [0.25, 0.3) is 0 Å². The summed E-state index contributed by atoms with van der Waals surface area (Å²) in [4.78, 5) is 29.8. The molecule has 178 valence electrons. The second-order valence-electron chi connectivity index (χ2n) is 7.87. The van der Waals surface area contributed by atoms with Crippen molar-refractivity contribution in [3.63, 3.8) is 0 Å². The van der Waals surface area contributed by atoms with Gasteiger partial charge in [-0.25, -0.2) is 13.8 Å². The van der Waals surface area contributed by atoms with E-state index in [0.29, 0.717) is 33.0 Å². The van der Waals surface area contributed by atoms with Gasteiger partial charge in [0.05, 0.1) is 29.5 Å². The van der Waals surface area contributed by atoms with Gasteiger partial charge < -0.3 is 21.3 Å². The molecule has 7 nitrogen and oxygen atoms in total. The topological polar surface area (TPSA) is 95.2 Å². The van der Waals surface area contributed by atoms with Crippen molar-refractivity contribution in [3.8, 4) is 0 Å². The highest BCUT2D eigenvalue weighted by atomic mass is 35.5. The SMILES string of the molecule is Cc1cccc(Cl)c1NC(=O)c1cnc(Nc2cccc(C(=O)NC3CCNCC3(F)F)c2)s1. The number of alkyl halides is 2. The zero-order valence-electron chi connectivity index (χ0n) is 18.1. The molecule has 2 heterocycles. The Hall–Kier alpha value is -3.08. The number of hydrogen-bond donors (Lipinski definition) is 4. The number of piperidine rings is 1. The fourth-order valence-electron chi connectivity index (χ4n) is 3.52. The number of para-hydroxylation sites is 1. The van der Waals surface area contributed by atoms with Crippen LogP contribution in [0, 0.1) is 6.92 Å². The van der Waals surface area contributed by atoms with Crippen LogP contribution in [-0.4, -0.2) is 41.9 Å². The maximum Gasteiger partial charge on any atom is 0.280 e. The van der Waals surface area contributed by atoms with Gasteiger partial charge in [0, 0.05) is 11.3 Å². The van der Waals surface area contributed by atoms with E-state index in [0.717, 1.165) is 16.9 Å². The lowest BCUT2D eigenvalue weighted by atomic mass is 10.0. The predicted octanol–water partition coefficient (Wildman–Crippen LogP) is 4.83. The molecule has 1 unspecified atom stereocenters. The summed E-state index contributed by atoms with van der Waals surface area (Å²) in [7, 11) is 0. The number of aryl methyl sites for hydroxylation is 1. The number of hydrogen-bond acceptors (Lipinski definition) is 6. The zero-order valence-corrected chi connectivity index (χ0v) is 19.7. The molecule has 34 heavy (non-hydrogen) atoms. The van der Waals surface area contributed by atoms with E-state index in [1.807, 2.05) is 13.0 Å². The van der Waals surface area contributed by atoms with Crippen molar-refractivity contribution in [3.05, 3.63) is 69.7 Å². The molecule has 1 fully saturated rings. The lowest BCUT2D eigenvalue weighted by Crippen LogP contribution is -2.57. The van der Waals surface area contributed by atoms with E-state index in [4.69, 9.17) is 11.6 Å². The van der Waals surface area contributed by atoms with Crippen molar-refractivity contribution < 1.29 is 18.4 Å². The fourth-order valence-corrected chi connectivity index (χ4v) is 4.52. The quantitative estimate of drug-likeness (QED) is 0.385. The van der Waals surface area contributed by atoms with Gasteiger partial charge in [-0.1, -0.05) is 41.1 Å². The van der Waals surface area contributed by atoms with Crippen LogP contribution in [0.1, 0.15) is 32.0 Å². The Morgan fingerprint density at radius 3 is 2.76 bits per heavy atom. The van der Waals surface area contributed by atoms with Crippen LogP contribution >= 0.6 is 22.9 Å². The molecule has 1 aliphatic heterocycles. The number of carbonyl (C=O) groups is 2. The number of nitrogens with one attached hydrogen (secondary N) is 4. The smallest absolute Gasteiger partial charge is 0.280 e. The molecule has 0 bridgehead atoms. The van der Waals surface area contributed by atoms with E-state index in [-0.39, 0.29) is 17.9 Å². The van der Waals surface area contributed by atoms with Gasteiger partial charge in [-0.05, 0) is 49.7 Å². The third-order valence-electron chi connectivity index (χ3n) is 5.35. The first kappa shape index (κ1) is 24.1. The highest BCUT2D eigenvalue weighted by Gasteiger charge is 2.42. The van der Waals surface area contributed by atoms with E-state index in [9.17, 15) is 18.4 Å². The Morgan fingerprint density at radius 1 is 1.21 bits per heavy atom. The molecule has 0 radical (unpaired) electrons. The molecule has 0 saturated carbocycles. The number of anilines is 3. The van der Waals surface area contributed by atoms with Crippen molar-refractivity contribution in [2.45, 2.75) is 25.3 Å². The van der Waals surface area contributed by atoms with Crippen LogP contribution in [-0.2, 0) is 0 Å². The van der Waals surface area contributed by atoms with Gasteiger partial charge in [0.25, 0.3) is 17.7 Å². The van der Waals surface area contributed by atoms with E-state index in [2.05, 4.69) is 26.3 Å². The predicted molar refractivity (Wildman–Crippen MR) is 130 cm³/mol. The summed E-state index contributed by atoms with van der Waals surface area (Å²) < 4.78 is 28.0. The second kappa shape index (κ2) is 10.0. The lowest BCUT2D eigenvalue weighted by molar-refractivity contribution is -0.0487. The normalized spacial score (nSPS) is 17.1.